The molecular formula is C14H22N2O. The van der Waals surface area contributed by atoms with E-state index >= 15 is 0 Å². The van der Waals surface area contributed by atoms with Gasteiger partial charge in [-0.05, 0) is 37.8 Å². The van der Waals surface area contributed by atoms with Gasteiger partial charge in [-0.15, -0.1) is 0 Å². The van der Waals surface area contributed by atoms with Crippen molar-refractivity contribution in [3.63, 3.8) is 0 Å². The number of ether oxygens (including phenoxy) is 1. The van der Waals surface area contributed by atoms with Crippen LogP contribution in [-0.4, -0.2) is 18.6 Å². The highest BCUT2D eigenvalue weighted by Crippen LogP contribution is 2.40. The van der Waals surface area contributed by atoms with Gasteiger partial charge in [-0.1, -0.05) is 13.3 Å². The molecule has 0 saturated heterocycles. The van der Waals surface area contributed by atoms with Gasteiger partial charge in [0.25, 0.3) is 0 Å². The van der Waals surface area contributed by atoms with Crippen molar-refractivity contribution in [1.29, 1.82) is 0 Å². The maximum atomic E-state index is 5.42. The summed E-state index contributed by atoms with van der Waals surface area (Å²) in [5.74, 6) is 1.67. The summed E-state index contributed by atoms with van der Waals surface area (Å²) in [5.41, 5.74) is 1.26. The summed E-state index contributed by atoms with van der Waals surface area (Å²) in [7, 11) is 1.72. The minimum Gasteiger partial charge on any atom is -0.495 e. The van der Waals surface area contributed by atoms with Crippen LogP contribution in [0.25, 0.3) is 0 Å². The van der Waals surface area contributed by atoms with Gasteiger partial charge in [-0.25, -0.2) is 0 Å². The van der Waals surface area contributed by atoms with Gasteiger partial charge in [0.05, 0.1) is 13.3 Å². The molecule has 0 amide bonds. The first-order valence-electron chi connectivity index (χ1n) is 6.58. The van der Waals surface area contributed by atoms with Crippen LogP contribution in [0, 0.1) is 5.92 Å². The summed E-state index contributed by atoms with van der Waals surface area (Å²) < 4.78 is 5.42. The first-order chi connectivity index (χ1) is 8.36. The fourth-order valence-electron chi connectivity index (χ4n) is 2.42. The van der Waals surface area contributed by atoms with E-state index in [1.807, 2.05) is 12.4 Å². The zero-order chi connectivity index (χ0) is 12.1. The van der Waals surface area contributed by atoms with Crippen molar-refractivity contribution in [3.05, 3.63) is 24.0 Å². The molecule has 1 aliphatic carbocycles. The normalized spacial score (nSPS) is 17.5. The molecular weight excluding hydrogens is 212 g/mol. The Hall–Kier alpha value is -1.09. The first-order valence-corrected chi connectivity index (χ1v) is 6.58. The molecule has 2 rings (SSSR count). The minimum atomic E-state index is 0.432. The zero-order valence-corrected chi connectivity index (χ0v) is 10.8. The standard InChI is InChI=1S/C14H22N2O/c1-3-8-16-14(11-5-4-6-11)12-7-9-15-10-13(12)17-2/h7,9-11,14,16H,3-6,8H2,1-2H3. The second-order valence-electron chi connectivity index (χ2n) is 4.74. The molecule has 0 radical (unpaired) electrons. The highest BCUT2D eigenvalue weighted by molar-refractivity contribution is 5.33. The Morgan fingerprint density at radius 2 is 2.35 bits per heavy atom. The second kappa shape index (κ2) is 6.01. The van der Waals surface area contributed by atoms with Crippen molar-refractivity contribution in [2.45, 2.75) is 38.6 Å². The Balaban J connectivity index is 2.17. The van der Waals surface area contributed by atoms with Gasteiger partial charge < -0.3 is 10.1 Å². The average Bonchev–Trinajstić information content (AvgIpc) is 2.32. The van der Waals surface area contributed by atoms with Crippen molar-refractivity contribution >= 4 is 0 Å². The lowest BCUT2D eigenvalue weighted by Gasteiger charge is -2.35. The Morgan fingerprint density at radius 3 is 2.94 bits per heavy atom. The van der Waals surface area contributed by atoms with E-state index in [2.05, 4.69) is 23.3 Å². The van der Waals surface area contributed by atoms with E-state index in [1.165, 1.54) is 24.8 Å². The van der Waals surface area contributed by atoms with Crippen molar-refractivity contribution < 1.29 is 4.74 Å². The molecule has 0 aromatic carbocycles. The van der Waals surface area contributed by atoms with Crippen LogP contribution < -0.4 is 10.1 Å². The lowest BCUT2D eigenvalue weighted by molar-refractivity contribution is 0.226. The van der Waals surface area contributed by atoms with Crippen molar-refractivity contribution in [3.8, 4) is 5.75 Å². The summed E-state index contributed by atoms with van der Waals surface area (Å²) >= 11 is 0. The number of nitrogens with zero attached hydrogens (tertiary/aromatic N) is 1. The molecule has 0 spiro atoms. The van der Waals surface area contributed by atoms with Crippen LogP contribution in [0.1, 0.15) is 44.2 Å². The zero-order valence-electron chi connectivity index (χ0n) is 10.8. The number of aromatic nitrogens is 1. The average molecular weight is 234 g/mol. The predicted molar refractivity (Wildman–Crippen MR) is 69.2 cm³/mol. The maximum absolute atomic E-state index is 5.42. The van der Waals surface area contributed by atoms with E-state index in [0.29, 0.717) is 6.04 Å². The van der Waals surface area contributed by atoms with Gasteiger partial charge in [0.2, 0.25) is 0 Å². The van der Waals surface area contributed by atoms with E-state index in [1.54, 1.807) is 7.11 Å². The van der Waals surface area contributed by atoms with Crippen LogP contribution in [0.2, 0.25) is 0 Å². The van der Waals surface area contributed by atoms with E-state index in [0.717, 1.165) is 24.6 Å². The maximum Gasteiger partial charge on any atom is 0.141 e. The van der Waals surface area contributed by atoms with Crippen LogP contribution in [0.3, 0.4) is 0 Å². The largest absolute Gasteiger partial charge is 0.495 e. The molecule has 0 aliphatic heterocycles. The van der Waals surface area contributed by atoms with Crippen molar-refractivity contribution in [2.75, 3.05) is 13.7 Å². The quantitative estimate of drug-likeness (QED) is 0.821. The summed E-state index contributed by atoms with van der Waals surface area (Å²) in [6.45, 7) is 3.27. The number of pyridine rings is 1. The molecule has 3 heteroatoms. The van der Waals surface area contributed by atoms with Crippen LogP contribution in [0.5, 0.6) is 5.75 Å². The molecule has 94 valence electrons. The minimum absolute atomic E-state index is 0.432. The predicted octanol–water partition coefficient (Wildman–Crippen LogP) is 2.93. The third-order valence-electron chi connectivity index (χ3n) is 3.61. The molecule has 1 aromatic heterocycles. The second-order valence-corrected chi connectivity index (χ2v) is 4.74. The Labute approximate surface area is 104 Å². The molecule has 17 heavy (non-hydrogen) atoms. The fourth-order valence-corrected chi connectivity index (χ4v) is 2.42. The van der Waals surface area contributed by atoms with Crippen LogP contribution in [0.15, 0.2) is 18.5 Å². The van der Waals surface area contributed by atoms with Gasteiger partial charge in [-0.2, -0.15) is 0 Å². The van der Waals surface area contributed by atoms with Crippen LogP contribution in [0.4, 0.5) is 0 Å². The summed E-state index contributed by atoms with van der Waals surface area (Å²) in [6, 6.07) is 2.52. The van der Waals surface area contributed by atoms with Crippen molar-refractivity contribution in [1.82, 2.24) is 10.3 Å². The highest BCUT2D eigenvalue weighted by atomic mass is 16.5. The third kappa shape index (κ3) is 2.78. The van der Waals surface area contributed by atoms with E-state index in [9.17, 15) is 0 Å². The van der Waals surface area contributed by atoms with Gasteiger partial charge in [0, 0.05) is 17.8 Å². The molecule has 1 heterocycles. The topological polar surface area (TPSA) is 34.2 Å². The van der Waals surface area contributed by atoms with E-state index in [4.69, 9.17) is 4.74 Å². The summed E-state index contributed by atoms with van der Waals surface area (Å²) in [6.07, 6.45) is 8.85. The molecule has 1 unspecified atom stereocenters. The molecule has 1 fully saturated rings. The monoisotopic (exact) mass is 234 g/mol. The van der Waals surface area contributed by atoms with Gasteiger partial charge >= 0.3 is 0 Å². The Kier molecular flexibility index (Phi) is 4.37. The smallest absolute Gasteiger partial charge is 0.141 e. The summed E-state index contributed by atoms with van der Waals surface area (Å²) in [4.78, 5) is 4.13. The number of hydrogen-bond acceptors (Lipinski definition) is 3. The number of hydrogen-bond donors (Lipinski definition) is 1. The van der Waals surface area contributed by atoms with E-state index in [-0.39, 0.29) is 0 Å². The van der Waals surface area contributed by atoms with Gasteiger partial charge in [0.1, 0.15) is 5.75 Å². The molecule has 1 saturated carbocycles. The van der Waals surface area contributed by atoms with Crippen molar-refractivity contribution in [2.24, 2.45) is 5.92 Å². The molecule has 1 N–H and O–H groups in total. The Morgan fingerprint density at radius 1 is 1.53 bits per heavy atom. The third-order valence-corrected chi connectivity index (χ3v) is 3.61. The van der Waals surface area contributed by atoms with Gasteiger partial charge in [-0.3, -0.25) is 4.98 Å². The lowest BCUT2D eigenvalue weighted by Crippen LogP contribution is -2.33. The lowest BCUT2D eigenvalue weighted by atomic mass is 9.77. The van der Waals surface area contributed by atoms with Crippen LogP contribution in [-0.2, 0) is 0 Å². The molecule has 1 aliphatic rings. The number of methoxy groups -OCH3 is 1. The fraction of sp³-hybridized carbons (Fsp3) is 0.643. The van der Waals surface area contributed by atoms with Gasteiger partial charge in [0.15, 0.2) is 0 Å². The van der Waals surface area contributed by atoms with Crippen LogP contribution >= 0.6 is 0 Å². The Bertz CT molecular complexity index is 350. The molecule has 0 bridgehead atoms. The molecule has 1 atom stereocenters. The first kappa shape index (κ1) is 12.4. The summed E-state index contributed by atoms with van der Waals surface area (Å²) in [5, 5.41) is 3.65. The number of rotatable bonds is 6. The van der Waals surface area contributed by atoms with E-state index < -0.39 is 0 Å². The molecule has 3 nitrogen and oxygen atoms in total. The highest BCUT2D eigenvalue weighted by Gasteiger charge is 2.29. The molecule has 1 aromatic rings. The SMILES string of the molecule is CCCNC(c1ccncc1OC)C1CCC1. The number of nitrogens with one attached hydrogen (secondary N) is 1.